The molecule has 152 valence electrons. The molecule has 3 amide bonds. The highest BCUT2D eigenvalue weighted by Gasteiger charge is 2.27. The van der Waals surface area contributed by atoms with E-state index in [0.717, 1.165) is 18.7 Å². The number of nitrogens with one attached hydrogen (secondary N) is 1. The van der Waals surface area contributed by atoms with E-state index in [1.165, 1.54) is 12.1 Å². The number of rotatable bonds is 4. The van der Waals surface area contributed by atoms with Gasteiger partial charge in [0, 0.05) is 51.0 Å². The number of halogens is 1. The molecule has 4 rings (SSSR count). The summed E-state index contributed by atoms with van der Waals surface area (Å²) in [5, 5.41) is 2.82. The van der Waals surface area contributed by atoms with E-state index in [-0.39, 0.29) is 24.3 Å². The molecule has 0 atom stereocenters. The summed E-state index contributed by atoms with van der Waals surface area (Å²) in [6, 6.07) is 5.95. The number of carbonyl (C=O) groups excluding carboxylic acids is 2. The van der Waals surface area contributed by atoms with Gasteiger partial charge >= 0.3 is 6.03 Å². The van der Waals surface area contributed by atoms with Crippen LogP contribution in [0, 0.1) is 5.82 Å². The highest BCUT2D eigenvalue weighted by atomic mass is 19.1. The summed E-state index contributed by atoms with van der Waals surface area (Å²) in [6.45, 7) is 2.31. The van der Waals surface area contributed by atoms with Crippen LogP contribution >= 0.6 is 0 Å². The van der Waals surface area contributed by atoms with Crippen molar-refractivity contribution in [2.24, 2.45) is 0 Å². The predicted molar refractivity (Wildman–Crippen MR) is 105 cm³/mol. The average molecular weight is 397 g/mol. The molecule has 2 heterocycles. The summed E-state index contributed by atoms with van der Waals surface area (Å²) < 4.78 is 13.3. The van der Waals surface area contributed by atoms with Crippen molar-refractivity contribution in [2.45, 2.75) is 31.7 Å². The van der Waals surface area contributed by atoms with Crippen LogP contribution in [0.4, 0.5) is 9.18 Å². The number of carbonyl (C=O) groups is 2. The third-order valence-electron chi connectivity index (χ3n) is 5.26. The minimum Gasteiger partial charge on any atom is -0.337 e. The van der Waals surface area contributed by atoms with Crippen molar-refractivity contribution in [1.82, 2.24) is 25.1 Å². The zero-order valence-corrected chi connectivity index (χ0v) is 16.2. The van der Waals surface area contributed by atoms with Gasteiger partial charge in [-0.05, 0) is 37.0 Å². The van der Waals surface area contributed by atoms with Crippen molar-refractivity contribution in [3.8, 4) is 0 Å². The molecule has 2 aromatic rings. The van der Waals surface area contributed by atoms with Crippen LogP contribution < -0.4 is 5.32 Å². The van der Waals surface area contributed by atoms with Crippen LogP contribution in [0.3, 0.4) is 0 Å². The predicted octanol–water partition coefficient (Wildman–Crippen LogP) is 2.55. The fourth-order valence-corrected chi connectivity index (χ4v) is 3.44. The van der Waals surface area contributed by atoms with Gasteiger partial charge in [0.2, 0.25) is 0 Å². The lowest BCUT2D eigenvalue weighted by Gasteiger charge is -2.22. The first-order valence-corrected chi connectivity index (χ1v) is 9.98. The van der Waals surface area contributed by atoms with Gasteiger partial charge < -0.3 is 15.1 Å². The molecule has 1 saturated carbocycles. The van der Waals surface area contributed by atoms with Crippen LogP contribution in [-0.2, 0) is 6.54 Å². The Balaban J connectivity index is 1.30. The van der Waals surface area contributed by atoms with Gasteiger partial charge in [-0.15, -0.1) is 0 Å². The molecular weight excluding hydrogens is 373 g/mol. The molecule has 2 aliphatic rings. The van der Waals surface area contributed by atoms with Gasteiger partial charge in [-0.25, -0.2) is 19.2 Å². The smallest absolute Gasteiger partial charge is 0.317 e. The molecule has 0 spiro atoms. The minimum atomic E-state index is -0.324. The Kier molecular flexibility index (Phi) is 5.69. The highest BCUT2D eigenvalue weighted by Crippen LogP contribution is 2.37. The number of nitrogens with zero attached hydrogens (tertiary/aromatic N) is 4. The van der Waals surface area contributed by atoms with Crippen molar-refractivity contribution in [2.75, 3.05) is 26.2 Å². The SMILES string of the molecule is O=C(NCc1cccc(F)c1)N1CCCN(C(=O)c2cnc(C3CC3)nc2)CC1. The maximum absolute atomic E-state index is 13.3. The first-order chi connectivity index (χ1) is 14.1. The lowest BCUT2D eigenvalue weighted by atomic mass is 10.2. The van der Waals surface area contributed by atoms with Crippen molar-refractivity contribution >= 4 is 11.9 Å². The van der Waals surface area contributed by atoms with Gasteiger partial charge in [-0.2, -0.15) is 0 Å². The molecule has 1 saturated heterocycles. The molecule has 1 N–H and O–H groups in total. The Morgan fingerprint density at radius 2 is 1.79 bits per heavy atom. The van der Waals surface area contributed by atoms with E-state index in [4.69, 9.17) is 0 Å². The van der Waals surface area contributed by atoms with Crippen molar-refractivity contribution < 1.29 is 14.0 Å². The maximum Gasteiger partial charge on any atom is 0.317 e. The molecule has 2 fully saturated rings. The largest absolute Gasteiger partial charge is 0.337 e. The Morgan fingerprint density at radius 1 is 1.07 bits per heavy atom. The van der Waals surface area contributed by atoms with E-state index < -0.39 is 0 Å². The lowest BCUT2D eigenvalue weighted by Crippen LogP contribution is -2.42. The molecule has 0 radical (unpaired) electrons. The van der Waals surface area contributed by atoms with Crippen molar-refractivity contribution in [3.05, 3.63) is 59.4 Å². The highest BCUT2D eigenvalue weighted by molar-refractivity contribution is 5.93. The van der Waals surface area contributed by atoms with Gasteiger partial charge in [0.15, 0.2) is 0 Å². The van der Waals surface area contributed by atoms with Crippen LogP contribution in [0.5, 0.6) is 0 Å². The van der Waals surface area contributed by atoms with Crippen LogP contribution in [-0.4, -0.2) is 57.9 Å². The van der Waals surface area contributed by atoms with Gasteiger partial charge in [-0.3, -0.25) is 4.79 Å². The third-order valence-corrected chi connectivity index (χ3v) is 5.26. The number of benzene rings is 1. The molecule has 1 aromatic heterocycles. The molecule has 7 nitrogen and oxygen atoms in total. The number of amides is 3. The fraction of sp³-hybridized carbons (Fsp3) is 0.429. The zero-order chi connectivity index (χ0) is 20.2. The van der Waals surface area contributed by atoms with Crippen molar-refractivity contribution in [3.63, 3.8) is 0 Å². The second-order valence-electron chi connectivity index (χ2n) is 7.53. The van der Waals surface area contributed by atoms with Gasteiger partial charge in [-0.1, -0.05) is 12.1 Å². The average Bonchev–Trinajstić information content (AvgIpc) is 3.59. The molecule has 0 bridgehead atoms. The minimum absolute atomic E-state index is 0.102. The second-order valence-corrected chi connectivity index (χ2v) is 7.53. The molecule has 1 aliphatic heterocycles. The van der Waals surface area contributed by atoms with E-state index in [1.807, 2.05) is 0 Å². The van der Waals surface area contributed by atoms with E-state index in [0.29, 0.717) is 49.6 Å². The van der Waals surface area contributed by atoms with E-state index in [2.05, 4.69) is 15.3 Å². The molecule has 29 heavy (non-hydrogen) atoms. The molecule has 1 aromatic carbocycles. The first-order valence-electron chi connectivity index (χ1n) is 9.98. The number of urea groups is 1. The molecule has 1 aliphatic carbocycles. The summed E-state index contributed by atoms with van der Waals surface area (Å²) in [6.07, 6.45) is 6.15. The third kappa shape index (κ3) is 4.88. The molecular formula is C21H24FN5O2. The molecule has 8 heteroatoms. The summed E-state index contributed by atoms with van der Waals surface area (Å²) in [5.41, 5.74) is 1.19. The molecule has 0 unspecified atom stereocenters. The number of hydrogen-bond acceptors (Lipinski definition) is 4. The standard InChI is InChI=1S/C21H24FN5O2/c22-18-4-1-3-15(11-18)12-25-21(29)27-8-2-7-26(9-10-27)20(28)17-13-23-19(24-14-17)16-5-6-16/h1,3-4,11,13-14,16H,2,5-10,12H2,(H,25,29). The van der Waals surface area contributed by atoms with E-state index in [1.54, 1.807) is 34.3 Å². The topological polar surface area (TPSA) is 78.4 Å². The summed E-state index contributed by atoms with van der Waals surface area (Å²) in [7, 11) is 0. The summed E-state index contributed by atoms with van der Waals surface area (Å²) in [4.78, 5) is 37.3. The first kappa shape index (κ1) is 19.3. The Hall–Kier alpha value is -3.03. The van der Waals surface area contributed by atoms with Gasteiger partial charge in [0.1, 0.15) is 11.6 Å². The maximum atomic E-state index is 13.3. The van der Waals surface area contributed by atoms with Crippen LogP contribution in [0.25, 0.3) is 0 Å². The van der Waals surface area contributed by atoms with E-state index in [9.17, 15) is 14.0 Å². The summed E-state index contributed by atoms with van der Waals surface area (Å²) >= 11 is 0. The quantitative estimate of drug-likeness (QED) is 0.860. The van der Waals surface area contributed by atoms with E-state index >= 15 is 0 Å². The van der Waals surface area contributed by atoms with Crippen molar-refractivity contribution in [1.29, 1.82) is 0 Å². The van der Waals surface area contributed by atoms with Gasteiger partial charge in [0.05, 0.1) is 5.56 Å². The van der Waals surface area contributed by atoms with Gasteiger partial charge in [0.25, 0.3) is 5.91 Å². The van der Waals surface area contributed by atoms with Crippen LogP contribution in [0.2, 0.25) is 0 Å². The Labute approximate surface area is 168 Å². The zero-order valence-electron chi connectivity index (χ0n) is 16.2. The lowest BCUT2D eigenvalue weighted by molar-refractivity contribution is 0.0761. The monoisotopic (exact) mass is 397 g/mol. The van der Waals surface area contributed by atoms with Crippen LogP contribution in [0.15, 0.2) is 36.7 Å². The van der Waals surface area contributed by atoms with Crippen LogP contribution in [0.1, 0.15) is 46.9 Å². The fourth-order valence-electron chi connectivity index (χ4n) is 3.44. The Morgan fingerprint density at radius 3 is 2.52 bits per heavy atom. The number of hydrogen-bond donors (Lipinski definition) is 1. The normalized spacial score (nSPS) is 17.0. The Bertz CT molecular complexity index is 885. The second kappa shape index (κ2) is 8.55. The number of aromatic nitrogens is 2. The summed E-state index contributed by atoms with van der Waals surface area (Å²) in [5.74, 6) is 0.847.